The highest BCUT2D eigenvalue weighted by molar-refractivity contribution is 7.12. The van der Waals surface area contributed by atoms with E-state index in [4.69, 9.17) is 0 Å². The van der Waals surface area contributed by atoms with Crippen LogP contribution in [-0.4, -0.2) is 31.1 Å². The molecule has 0 aromatic carbocycles. The van der Waals surface area contributed by atoms with E-state index in [0.717, 1.165) is 6.54 Å². The molecule has 0 bridgehead atoms. The minimum Gasteiger partial charge on any atom is -0.308 e. The van der Waals surface area contributed by atoms with Crippen molar-refractivity contribution < 1.29 is 0 Å². The molecule has 0 saturated heterocycles. The van der Waals surface area contributed by atoms with Gasteiger partial charge in [0.2, 0.25) is 0 Å². The van der Waals surface area contributed by atoms with Crippen molar-refractivity contribution in [3.8, 4) is 0 Å². The first-order valence-corrected chi connectivity index (χ1v) is 7.82. The van der Waals surface area contributed by atoms with Crippen LogP contribution in [0.4, 0.5) is 0 Å². The normalized spacial score (nSPS) is 20.5. The maximum atomic E-state index is 3.75. The Hall–Kier alpha value is -0.380. The number of rotatable bonds is 5. The summed E-state index contributed by atoms with van der Waals surface area (Å²) in [7, 11) is 4.46. The van der Waals surface area contributed by atoms with Crippen LogP contribution in [-0.2, 0) is 0 Å². The van der Waals surface area contributed by atoms with Crippen molar-refractivity contribution in [1.82, 2.24) is 10.2 Å². The van der Waals surface area contributed by atoms with E-state index in [0.29, 0.717) is 11.6 Å². The second kappa shape index (κ2) is 5.72. The van der Waals surface area contributed by atoms with Gasteiger partial charge in [-0.3, -0.25) is 0 Å². The zero-order valence-corrected chi connectivity index (χ0v) is 12.9. The van der Waals surface area contributed by atoms with E-state index in [1.165, 1.54) is 35.4 Å². The zero-order chi connectivity index (χ0) is 13.2. The van der Waals surface area contributed by atoms with Crippen LogP contribution >= 0.6 is 11.3 Å². The molecule has 18 heavy (non-hydrogen) atoms. The smallest absolute Gasteiger partial charge is 0.0386 e. The third-order valence-electron chi connectivity index (χ3n) is 4.41. The summed E-state index contributed by atoms with van der Waals surface area (Å²) in [5, 5.41) is 3.75. The number of aryl methyl sites for hydroxylation is 1. The highest BCUT2D eigenvalue weighted by atomic mass is 32.1. The molecule has 1 aromatic rings. The Morgan fingerprint density at radius 2 is 2.00 bits per heavy atom. The lowest BCUT2D eigenvalue weighted by Crippen LogP contribution is -2.49. The fourth-order valence-electron chi connectivity index (χ4n) is 2.95. The molecule has 1 N–H and O–H groups in total. The van der Waals surface area contributed by atoms with Gasteiger partial charge >= 0.3 is 0 Å². The van der Waals surface area contributed by atoms with E-state index in [1.54, 1.807) is 0 Å². The van der Waals surface area contributed by atoms with Crippen LogP contribution < -0.4 is 5.32 Å². The SMILES string of the molecule is Cc1ccc(C(C)NCC2(N(C)C)CCCC2)s1. The summed E-state index contributed by atoms with van der Waals surface area (Å²) in [5.41, 5.74) is 0.389. The third-order valence-corrected chi connectivity index (χ3v) is 5.59. The number of nitrogens with one attached hydrogen (secondary N) is 1. The predicted molar refractivity (Wildman–Crippen MR) is 80.4 cm³/mol. The van der Waals surface area contributed by atoms with E-state index < -0.39 is 0 Å². The fourth-order valence-corrected chi connectivity index (χ4v) is 3.85. The van der Waals surface area contributed by atoms with Crippen LogP contribution in [0.5, 0.6) is 0 Å². The molecule has 0 amide bonds. The molecule has 102 valence electrons. The van der Waals surface area contributed by atoms with Gasteiger partial charge in [0.25, 0.3) is 0 Å². The summed E-state index contributed by atoms with van der Waals surface area (Å²) < 4.78 is 0. The van der Waals surface area contributed by atoms with Crippen LogP contribution in [0.2, 0.25) is 0 Å². The van der Waals surface area contributed by atoms with Gasteiger partial charge in [-0.25, -0.2) is 0 Å². The van der Waals surface area contributed by atoms with Crippen molar-refractivity contribution in [2.45, 2.75) is 51.1 Å². The molecule has 0 radical (unpaired) electrons. The van der Waals surface area contributed by atoms with Crippen LogP contribution in [0.3, 0.4) is 0 Å². The van der Waals surface area contributed by atoms with Crippen molar-refractivity contribution in [2.24, 2.45) is 0 Å². The summed E-state index contributed by atoms with van der Waals surface area (Å²) in [6.45, 7) is 5.57. The van der Waals surface area contributed by atoms with E-state index >= 15 is 0 Å². The molecule has 1 aromatic heterocycles. The molecule has 2 nitrogen and oxygen atoms in total. The van der Waals surface area contributed by atoms with Gasteiger partial charge in [-0.15, -0.1) is 11.3 Å². The van der Waals surface area contributed by atoms with Crippen molar-refractivity contribution in [2.75, 3.05) is 20.6 Å². The van der Waals surface area contributed by atoms with E-state index in [1.807, 2.05) is 11.3 Å². The van der Waals surface area contributed by atoms with Crippen molar-refractivity contribution in [1.29, 1.82) is 0 Å². The predicted octanol–water partition coefficient (Wildman–Crippen LogP) is 3.58. The molecule has 0 spiro atoms. The van der Waals surface area contributed by atoms with Crippen LogP contribution in [0.15, 0.2) is 12.1 Å². The molecule has 1 atom stereocenters. The van der Waals surface area contributed by atoms with Gasteiger partial charge in [-0.2, -0.15) is 0 Å². The number of hydrogen-bond acceptors (Lipinski definition) is 3. The molecule has 3 heteroatoms. The molecule has 0 aliphatic heterocycles. The average Bonchev–Trinajstić information content (AvgIpc) is 2.95. The third kappa shape index (κ3) is 2.95. The minimum atomic E-state index is 0.389. The molecular weight excluding hydrogens is 240 g/mol. The Morgan fingerprint density at radius 1 is 1.33 bits per heavy atom. The molecule has 1 aliphatic rings. The van der Waals surface area contributed by atoms with Gasteiger partial charge < -0.3 is 10.2 Å². The van der Waals surface area contributed by atoms with Gasteiger partial charge in [-0.05, 0) is 52.9 Å². The highest BCUT2D eigenvalue weighted by Crippen LogP contribution is 2.34. The maximum Gasteiger partial charge on any atom is 0.0386 e. The molecular formula is C15H26N2S. The number of thiophene rings is 1. The van der Waals surface area contributed by atoms with Gasteiger partial charge in [0, 0.05) is 27.9 Å². The van der Waals surface area contributed by atoms with E-state index in [2.05, 4.69) is 50.3 Å². The van der Waals surface area contributed by atoms with Crippen molar-refractivity contribution >= 4 is 11.3 Å². The Bertz CT molecular complexity index is 378. The number of likely N-dealkylation sites (N-methyl/N-ethyl adjacent to an activating group) is 1. The van der Waals surface area contributed by atoms with Gasteiger partial charge in [-0.1, -0.05) is 12.8 Å². The highest BCUT2D eigenvalue weighted by Gasteiger charge is 2.35. The number of hydrogen-bond donors (Lipinski definition) is 1. The quantitative estimate of drug-likeness (QED) is 0.876. The fraction of sp³-hybridized carbons (Fsp3) is 0.733. The molecule has 1 unspecified atom stereocenters. The Balaban J connectivity index is 1.94. The molecule has 1 fully saturated rings. The van der Waals surface area contributed by atoms with E-state index in [9.17, 15) is 0 Å². The van der Waals surface area contributed by atoms with Gasteiger partial charge in [0.15, 0.2) is 0 Å². The summed E-state index contributed by atoms with van der Waals surface area (Å²) in [4.78, 5) is 5.29. The lowest BCUT2D eigenvalue weighted by atomic mass is 9.95. The zero-order valence-electron chi connectivity index (χ0n) is 12.1. The summed E-state index contributed by atoms with van der Waals surface area (Å²) in [6.07, 6.45) is 5.44. The molecule has 1 heterocycles. The summed E-state index contributed by atoms with van der Waals surface area (Å²) >= 11 is 1.91. The second-order valence-electron chi connectivity index (χ2n) is 5.88. The average molecular weight is 266 g/mol. The topological polar surface area (TPSA) is 15.3 Å². The first kappa shape index (κ1) is 14.0. The first-order valence-electron chi connectivity index (χ1n) is 7.01. The first-order chi connectivity index (χ1) is 8.53. The maximum absolute atomic E-state index is 3.75. The van der Waals surface area contributed by atoms with Crippen LogP contribution in [0, 0.1) is 6.92 Å². The minimum absolute atomic E-state index is 0.389. The number of nitrogens with zero attached hydrogens (tertiary/aromatic N) is 1. The summed E-state index contributed by atoms with van der Waals surface area (Å²) in [6, 6.07) is 4.95. The van der Waals surface area contributed by atoms with Crippen LogP contribution in [0.1, 0.15) is 48.4 Å². The Labute approximate surface area is 115 Å². The lowest BCUT2D eigenvalue weighted by molar-refractivity contribution is 0.150. The Morgan fingerprint density at radius 3 is 2.50 bits per heavy atom. The molecule has 1 aliphatic carbocycles. The molecule has 1 saturated carbocycles. The molecule has 2 rings (SSSR count). The van der Waals surface area contributed by atoms with Crippen molar-refractivity contribution in [3.63, 3.8) is 0 Å². The standard InChI is InChI=1S/C15H26N2S/c1-12-7-8-14(18-12)13(2)16-11-15(17(3)4)9-5-6-10-15/h7-8,13,16H,5-6,9-11H2,1-4H3. The van der Waals surface area contributed by atoms with Crippen LogP contribution in [0.25, 0.3) is 0 Å². The Kier molecular flexibility index (Phi) is 4.46. The van der Waals surface area contributed by atoms with Gasteiger partial charge in [0.1, 0.15) is 0 Å². The largest absolute Gasteiger partial charge is 0.308 e. The van der Waals surface area contributed by atoms with Gasteiger partial charge in [0.05, 0.1) is 0 Å². The van der Waals surface area contributed by atoms with Crippen molar-refractivity contribution in [3.05, 3.63) is 21.9 Å². The monoisotopic (exact) mass is 266 g/mol. The van der Waals surface area contributed by atoms with E-state index in [-0.39, 0.29) is 0 Å². The second-order valence-corrected chi connectivity index (χ2v) is 7.20. The lowest BCUT2D eigenvalue weighted by Gasteiger charge is -2.37. The summed E-state index contributed by atoms with van der Waals surface area (Å²) in [5.74, 6) is 0.